The van der Waals surface area contributed by atoms with Crippen molar-refractivity contribution in [2.75, 3.05) is 6.61 Å². The van der Waals surface area contributed by atoms with E-state index in [2.05, 4.69) is 27.0 Å². The Bertz CT molecular complexity index is 984. The van der Waals surface area contributed by atoms with Crippen LogP contribution < -0.4 is 15.2 Å². The molecule has 0 radical (unpaired) electrons. The minimum atomic E-state index is 0.00475. The summed E-state index contributed by atoms with van der Waals surface area (Å²) in [5.41, 5.74) is 7.95. The van der Waals surface area contributed by atoms with Gasteiger partial charge in [0, 0.05) is 17.5 Å². The maximum atomic E-state index is 6.01. The molecule has 0 bridgehead atoms. The molecule has 1 aliphatic rings. The number of aromatic nitrogens is 1. The van der Waals surface area contributed by atoms with Gasteiger partial charge in [-0.2, -0.15) is 0 Å². The highest BCUT2D eigenvalue weighted by molar-refractivity contribution is 9.10. The summed E-state index contributed by atoms with van der Waals surface area (Å²) in [7, 11) is 0. The number of rotatable bonds is 6. The van der Waals surface area contributed by atoms with Crippen LogP contribution in [0, 0.1) is 5.92 Å². The van der Waals surface area contributed by atoms with Crippen molar-refractivity contribution in [3.63, 3.8) is 0 Å². The molecule has 3 aromatic rings. The first-order chi connectivity index (χ1) is 14.1. The van der Waals surface area contributed by atoms with Crippen LogP contribution in [0.4, 0.5) is 0 Å². The molecule has 152 valence electrons. The highest BCUT2D eigenvalue weighted by atomic mass is 79.9. The van der Waals surface area contributed by atoms with Gasteiger partial charge in [-0.05, 0) is 83.6 Å². The summed E-state index contributed by atoms with van der Waals surface area (Å²) in [6.07, 6.45) is 6.58. The summed E-state index contributed by atoms with van der Waals surface area (Å²) in [6.45, 7) is 2.77. The van der Waals surface area contributed by atoms with Crippen molar-refractivity contribution < 1.29 is 9.47 Å². The van der Waals surface area contributed by atoms with Gasteiger partial charge in [-0.25, -0.2) is 4.98 Å². The largest absolute Gasteiger partial charge is 0.493 e. The molecule has 1 heterocycles. The Morgan fingerprint density at radius 3 is 2.66 bits per heavy atom. The van der Waals surface area contributed by atoms with Crippen molar-refractivity contribution in [1.82, 2.24) is 4.98 Å². The van der Waals surface area contributed by atoms with E-state index in [1.165, 1.54) is 32.1 Å². The zero-order valence-electron chi connectivity index (χ0n) is 16.7. The van der Waals surface area contributed by atoms with Gasteiger partial charge in [-0.1, -0.05) is 25.3 Å². The predicted octanol–water partition coefficient (Wildman–Crippen LogP) is 6.77. The van der Waals surface area contributed by atoms with E-state index in [9.17, 15) is 0 Å². The average molecular weight is 455 g/mol. The lowest BCUT2D eigenvalue weighted by molar-refractivity contribution is 0.208. The van der Waals surface area contributed by atoms with E-state index in [1.807, 2.05) is 49.4 Å². The number of hydrogen-bond donors (Lipinski definition) is 1. The zero-order valence-corrected chi connectivity index (χ0v) is 18.3. The summed E-state index contributed by atoms with van der Waals surface area (Å²) in [5, 5.41) is 1.05. The minimum Gasteiger partial charge on any atom is -0.493 e. The van der Waals surface area contributed by atoms with Gasteiger partial charge < -0.3 is 15.2 Å². The lowest BCUT2D eigenvalue weighted by atomic mass is 9.90. The van der Waals surface area contributed by atoms with Gasteiger partial charge in [0.2, 0.25) is 5.88 Å². The Balaban J connectivity index is 1.43. The number of nitrogens with two attached hydrogens (primary N) is 1. The monoisotopic (exact) mass is 454 g/mol. The number of benzene rings is 2. The van der Waals surface area contributed by atoms with Gasteiger partial charge >= 0.3 is 0 Å². The quantitative estimate of drug-likeness (QED) is 0.446. The van der Waals surface area contributed by atoms with Gasteiger partial charge in [-0.15, -0.1) is 0 Å². The topological polar surface area (TPSA) is 57.4 Å². The fourth-order valence-electron chi connectivity index (χ4n) is 3.80. The van der Waals surface area contributed by atoms with Crippen LogP contribution in [0.2, 0.25) is 0 Å². The van der Waals surface area contributed by atoms with E-state index in [4.69, 9.17) is 15.2 Å². The molecule has 4 nitrogen and oxygen atoms in total. The van der Waals surface area contributed by atoms with Crippen LogP contribution in [0.15, 0.2) is 53.0 Å². The maximum absolute atomic E-state index is 6.01. The van der Waals surface area contributed by atoms with Crippen molar-refractivity contribution in [3.8, 4) is 17.4 Å². The fraction of sp³-hybridized carbons (Fsp3) is 0.375. The first-order valence-corrected chi connectivity index (χ1v) is 11.1. The van der Waals surface area contributed by atoms with Crippen molar-refractivity contribution in [2.24, 2.45) is 11.7 Å². The van der Waals surface area contributed by atoms with Crippen LogP contribution in [0.1, 0.15) is 50.6 Å². The molecule has 29 heavy (non-hydrogen) atoms. The van der Waals surface area contributed by atoms with E-state index >= 15 is 0 Å². The third-order valence-corrected chi connectivity index (χ3v) is 6.16. The Labute approximate surface area is 180 Å². The number of nitrogens with zero attached hydrogens (tertiary/aromatic N) is 1. The minimum absolute atomic E-state index is 0.00475. The van der Waals surface area contributed by atoms with Crippen LogP contribution in [0.5, 0.6) is 17.4 Å². The number of hydrogen-bond acceptors (Lipinski definition) is 4. The van der Waals surface area contributed by atoms with Crippen molar-refractivity contribution in [1.29, 1.82) is 0 Å². The molecule has 1 aromatic heterocycles. The molecule has 4 rings (SSSR count). The average Bonchev–Trinajstić information content (AvgIpc) is 2.74. The summed E-state index contributed by atoms with van der Waals surface area (Å²) >= 11 is 3.60. The van der Waals surface area contributed by atoms with Crippen LogP contribution in [0.25, 0.3) is 10.9 Å². The molecule has 1 fully saturated rings. The second-order valence-electron chi connectivity index (χ2n) is 7.90. The fourth-order valence-corrected chi connectivity index (χ4v) is 4.24. The molecule has 0 aliphatic heterocycles. The maximum Gasteiger partial charge on any atom is 0.219 e. The lowest BCUT2D eigenvalue weighted by Crippen LogP contribution is -2.15. The second kappa shape index (κ2) is 9.14. The Morgan fingerprint density at radius 1 is 1.07 bits per heavy atom. The Morgan fingerprint density at radius 2 is 1.90 bits per heavy atom. The smallest absolute Gasteiger partial charge is 0.219 e. The van der Waals surface area contributed by atoms with Gasteiger partial charge in [0.1, 0.15) is 11.5 Å². The summed E-state index contributed by atoms with van der Waals surface area (Å²) in [5.74, 6) is 2.82. The number of ether oxygens (including phenoxy) is 2. The standard InChI is InChI=1S/C24H27BrN2O2/c1-16(26)18-7-10-22-19(13-18)8-12-24(27-22)29-23-11-9-20(14-21(23)25)28-15-17-5-3-2-4-6-17/h7-14,16-17H,2-6,15,26H2,1H3. The normalized spacial score (nSPS) is 16.0. The molecule has 5 heteroatoms. The van der Waals surface area contributed by atoms with Crippen LogP contribution in [-0.2, 0) is 0 Å². The first kappa shape index (κ1) is 20.2. The van der Waals surface area contributed by atoms with E-state index in [0.29, 0.717) is 17.5 Å². The van der Waals surface area contributed by atoms with Crippen molar-refractivity contribution in [3.05, 3.63) is 58.6 Å². The summed E-state index contributed by atoms with van der Waals surface area (Å²) in [4.78, 5) is 4.62. The second-order valence-corrected chi connectivity index (χ2v) is 8.75. The van der Waals surface area contributed by atoms with Gasteiger partial charge in [0.05, 0.1) is 16.6 Å². The van der Waals surface area contributed by atoms with E-state index in [0.717, 1.165) is 33.3 Å². The lowest BCUT2D eigenvalue weighted by Gasteiger charge is -2.21. The van der Waals surface area contributed by atoms with Crippen LogP contribution in [-0.4, -0.2) is 11.6 Å². The van der Waals surface area contributed by atoms with E-state index in [1.54, 1.807) is 0 Å². The molecule has 0 spiro atoms. The van der Waals surface area contributed by atoms with Crippen LogP contribution >= 0.6 is 15.9 Å². The Kier molecular flexibility index (Phi) is 6.36. The molecule has 2 N–H and O–H groups in total. The Hall–Kier alpha value is -2.11. The van der Waals surface area contributed by atoms with E-state index in [-0.39, 0.29) is 6.04 Å². The van der Waals surface area contributed by atoms with Crippen LogP contribution in [0.3, 0.4) is 0 Å². The SMILES string of the molecule is CC(N)c1ccc2nc(Oc3ccc(OCC4CCCCC4)cc3Br)ccc2c1. The molecular formula is C24H27BrN2O2. The molecule has 0 saturated heterocycles. The third kappa shape index (κ3) is 5.09. The highest BCUT2D eigenvalue weighted by Gasteiger charge is 2.14. The molecule has 1 aliphatic carbocycles. The van der Waals surface area contributed by atoms with Gasteiger partial charge in [0.25, 0.3) is 0 Å². The predicted molar refractivity (Wildman–Crippen MR) is 121 cm³/mol. The van der Waals surface area contributed by atoms with Crippen molar-refractivity contribution >= 4 is 26.8 Å². The molecule has 2 aromatic carbocycles. The highest BCUT2D eigenvalue weighted by Crippen LogP contribution is 2.33. The molecule has 1 saturated carbocycles. The van der Waals surface area contributed by atoms with Gasteiger partial charge in [0.15, 0.2) is 0 Å². The molecule has 0 amide bonds. The number of fused-ring (bicyclic) bond motifs is 1. The number of halogens is 1. The van der Waals surface area contributed by atoms with E-state index < -0.39 is 0 Å². The zero-order chi connectivity index (χ0) is 20.2. The third-order valence-electron chi connectivity index (χ3n) is 5.54. The number of pyridine rings is 1. The molecular weight excluding hydrogens is 428 g/mol. The molecule has 1 atom stereocenters. The molecule has 1 unspecified atom stereocenters. The van der Waals surface area contributed by atoms with Gasteiger partial charge in [-0.3, -0.25) is 0 Å². The summed E-state index contributed by atoms with van der Waals surface area (Å²) in [6, 6.07) is 15.8. The summed E-state index contributed by atoms with van der Waals surface area (Å²) < 4.78 is 12.9. The van der Waals surface area contributed by atoms with Crippen molar-refractivity contribution in [2.45, 2.75) is 45.1 Å². The first-order valence-electron chi connectivity index (χ1n) is 10.3.